The van der Waals surface area contributed by atoms with E-state index in [9.17, 15) is 19.2 Å². The highest BCUT2D eigenvalue weighted by Crippen LogP contribution is 2.15. The molecule has 37 heavy (non-hydrogen) atoms. The van der Waals surface area contributed by atoms with Gasteiger partial charge in [0.2, 0.25) is 5.91 Å². The Kier molecular flexibility index (Phi) is 7.73. The lowest BCUT2D eigenvalue weighted by atomic mass is 10.1. The molecule has 0 spiro atoms. The summed E-state index contributed by atoms with van der Waals surface area (Å²) in [6, 6.07) is 23.1. The van der Waals surface area contributed by atoms with Crippen molar-refractivity contribution >= 4 is 34.2 Å². The van der Waals surface area contributed by atoms with Crippen molar-refractivity contribution in [3.63, 3.8) is 0 Å². The number of esters is 1. The number of hydrogen-bond acceptors (Lipinski definition) is 6. The quantitative estimate of drug-likeness (QED) is 0.374. The number of ether oxygens (including phenoxy) is 1. The van der Waals surface area contributed by atoms with E-state index in [1.165, 1.54) is 16.6 Å². The maximum Gasteiger partial charge on any atom is 0.359 e. The predicted molar refractivity (Wildman–Crippen MR) is 139 cm³/mol. The van der Waals surface area contributed by atoms with E-state index in [0.29, 0.717) is 16.5 Å². The van der Waals surface area contributed by atoms with Crippen molar-refractivity contribution in [2.45, 2.75) is 13.5 Å². The van der Waals surface area contributed by atoms with Crippen molar-refractivity contribution in [1.82, 2.24) is 14.7 Å². The van der Waals surface area contributed by atoms with Crippen molar-refractivity contribution in [2.75, 3.05) is 25.5 Å². The number of fused-ring (bicyclic) bond motifs is 1. The van der Waals surface area contributed by atoms with Crippen LogP contribution in [0.15, 0.2) is 83.7 Å². The number of nitrogens with zero attached hydrogens (tertiary/aromatic N) is 3. The van der Waals surface area contributed by atoms with Crippen LogP contribution in [0.25, 0.3) is 10.8 Å². The summed E-state index contributed by atoms with van der Waals surface area (Å²) in [5, 5.41) is 7.62. The molecule has 1 N–H and O–H groups in total. The van der Waals surface area contributed by atoms with Crippen LogP contribution in [-0.2, 0) is 20.9 Å². The summed E-state index contributed by atoms with van der Waals surface area (Å²) in [6.45, 7) is 1.31. The standard InChI is InChI=1S/C28H26N4O5/c1-19-12-14-21(15-13-19)29-24(33)17-31(2)25(34)18-37-28(36)26-22-10-6-7-11-23(22)27(35)32(30-26)16-20-8-4-3-5-9-20/h3-15H,16-18H2,1-2H3,(H,29,33). The maximum absolute atomic E-state index is 13.0. The number of benzene rings is 3. The van der Waals surface area contributed by atoms with E-state index in [2.05, 4.69) is 10.4 Å². The molecule has 9 heteroatoms. The molecule has 1 aromatic heterocycles. The van der Waals surface area contributed by atoms with E-state index in [-0.39, 0.29) is 30.2 Å². The second-order valence-corrected chi connectivity index (χ2v) is 8.58. The lowest BCUT2D eigenvalue weighted by Gasteiger charge is -2.17. The van der Waals surface area contributed by atoms with Crippen molar-refractivity contribution in [1.29, 1.82) is 0 Å². The van der Waals surface area contributed by atoms with Gasteiger partial charge in [-0.05, 0) is 30.7 Å². The van der Waals surface area contributed by atoms with E-state index < -0.39 is 18.5 Å². The van der Waals surface area contributed by atoms with Crippen molar-refractivity contribution in [3.05, 3.63) is 106 Å². The normalized spacial score (nSPS) is 10.6. The minimum Gasteiger partial charge on any atom is -0.451 e. The second kappa shape index (κ2) is 11.3. The summed E-state index contributed by atoms with van der Waals surface area (Å²) < 4.78 is 6.44. The lowest BCUT2D eigenvalue weighted by molar-refractivity contribution is -0.136. The Hall–Kier alpha value is -4.79. The van der Waals surface area contributed by atoms with Gasteiger partial charge in [0.15, 0.2) is 12.3 Å². The monoisotopic (exact) mass is 498 g/mol. The number of hydrogen-bond donors (Lipinski definition) is 1. The minimum atomic E-state index is -0.844. The Morgan fingerprint density at radius 1 is 0.919 bits per heavy atom. The topological polar surface area (TPSA) is 111 Å². The molecule has 0 aliphatic rings. The Balaban J connectivity index is 1.44. The van der Waals surface area contributed by atoms with Gasteiger partial charge in [-0.2, -0.15) is 5.10 Å². The SMILES string of the molecule is Cc1ccc(NC(=O)CN(C)C(=O)COC(=O)c2nn(Cc3ccccc3)c(=O)c3ccccc23)cc1. The summed E-state index contributed by atoms with van der Waals surface area (Å²) in [5.74, 6) is -1.79. The van der Waals surface area contributed by atoms with Crippen molar-refractivity contribution < 1.29 is 19.1 Å². The molecule has 0 radical (unpaired) electrons. The number of anilines is 1. The largest absolute Gasteiger partial charge is 0.451 e. The fraction of sp³-hybridized carbons (Fsp3) is 0.179. The zero-order valence-electron chi connectivity index (χ0n) is 20.5. The smallest absolute Gasteiger partial charge is 0.359 e. The summed E-state index contributed by atoms with van der Waals surface area (Å²) >= 11 is 0. The lowest BCUT2D eigenvalue weighted by Crippen LogP contribution is -2.37. The Labute approximate surface area is 213 Å². The summed E-state index contributed by atoms with van der Waals surface area (Å²) in [5.41, 5.74) is 2.11. The number of carbonyl (C=O) groups excluding carboxylic acids is 3. The van der Waals surface area contributed by atoms with Gasteiger partial charge in [-0.25, -0.2) is 9.48 Å². The first kappa shape index (κ1) is 25.3. The number of likely N-dealkylation sites (N-methyl/N-ethyl adjacent to an activating group) is 1. The van der Waals surface area contributed by atoms with Crippen LogP contribution in [0.2, 0.25) is 0 Å². The molecule has 188 valence electrons. The van der Waals surface area contributed by atoms with Gasteiger partial charge < -0.3 is 15.0 Å². The van der Waals surface area contributed by atoms with E-state index in [1.54, 1.807) is 36.4 Å². The highest BCUT2D eigenvalue weighted by molar-refractivity contribution is 6.02. The average molecular weight is 499 g/mol. The van der Waals surface area contributed by atoms with Gasteiger partial charge in [0.05, 0.1) is 18.5 Å². The van der Waals surface area contributed by atoms with E-state index in [4.69, 9.17) is 4.74 Å². The molecule has 0 unspecified atom stereocenters. The minimum absolute atomic E-state index is 0.0706. The van der Waals surface area contributed by atoms with Gasteiger partial charge in [-0.3, -0.25) is 14.4 Å². The molecule has 0 fully saturated rings. The first-order valence-electron chi connectivity index (χ1n) is 11.6. The highest BCUT2D eigenvalue weighted by Gasteiger charge is 2.21. The maximum atomic E-state index is 13.0. The first-order valence-corrected chi connectivity index (χ1v) is 11.6. The zero-order chi connectivity index (χ0) is 26.4. The molecule has 4 rings (SSSR count). The summed E-state index contributed by atoms with van der Waals surface area (Å²) in [7, 11) is 1.44. The Morgan fingerprint density at radius 2 is 1.57 bits per heavy atom. The molecule has 0 atom stereocenters. The van der Waals surface area contributed by atoms with Crippen LogP contribution >= 0.6 is 0 Å². The van der Waals surface area contributed by atoms with Crippen molar-refractivity contribution in [3.8, 4) is 0 Å². The predicted octanol–water partition coefficient (Wildman–Crippen LogP) is 3.01. The van der Waals surface area contributed by atoms with Gasteiger partial charge in [-0.15, -0.1) is 0 Å². The summed E-state index contributed by atoms with van der Waals surface area (Å²) in [4.78, 5) is 51.9. The number of aryl methyl sites for hydroxylation is 1. The van der Waals surface area contributed by atoms with E-state index >= 15 is 0 Å². The van der Waals surface area contributed by atoms with E-state index in [1.807, 2.05) is 49.4 Å². The Bertz CT molecular complexity index is 1500. The van der Waals surface area contributed by atoms with Gasteiger partial charge in [0.1, 0.15) is 0 Å². The van der Waals surface area contributed by atoms with Gasteiger partial charge in [-0.1, -0.05) is 66.2 Å². The number of rotatable bonds is 8. The van der Waals surface area contributed by atoms with Crippen LogP contribution in [-0.4, -0.2) is 52.7 Å². The van der Waals surface area contributed by atoms with Crippen LogP contribution in [0, 0.1) is 6.92 Å². The molecule has 4 aromatic rings. The van der Waals surface area contributed by atoms with Gasteiger partial charge in [0, 0.05) is 18.1 Å². The van der Waals surface area contributed by atoms with Crippen molar-refractivity contribution in [2.24, 2.45) is 0 Å². The number of nitrogens with one attached hydrogen (secondary N) is 1. The van der Waals surface area contributed by atoms with Crippen LogP contribution in [0.5, 0.6) is 0 Å². The average Bonchev–Trinajstić information content (AvgIpc) is 2.90. The number of carbonyl (C=O) groups is 3. The zero-order valence-corrected chi connectivity index (χ0v) is 20.5. The molecule has 0 aliphatic heterocycles. The molecule has 2 amide bonds. The molecule has 0 saturated carbocycles. The van der Waals surface area contributed by atoms with E-state index in [0.717, 1.165) is 11.1 Å². The Morgan fingerprint density at radius 3 is 2.27 bits per heavy atom. The van der Waals surface area contributed by atoms with Crippen LogP contribution in [0.4, 0.5) is 5.69 Å². The molecule has 0 saturated heterocycles. The molecular weight excluding hydrogens is 472 g/mol. The molecule has 1 heterocycles. The van der Waals surface area contributed by atoms with Crippen LogP contribution in [0.1, 0.15) is 21.6 Å². The fourth-order valence-corrected chi connectivity index (χ4v) is 3.70. The molecular formula is C28H26N4O5. The van der Waals surface area contributed by atoms with Gasteiger partial charge >= 0.3 is 5.97 Å². The fourth-order valence-electron chi connectivity index (χ4n) is 3.70. The third-order valence-corrected chi connectivity index (χ3v) is 5.70. The first-order chi connectivity index (χ1) is 17.8. The molecule has 3 aromatic carbocycles. The van der Waals surface area contributed by atoms with Crippen LogP contribution < -0.4 is 10.9 Å². The van der Waals surface area contributed by atoms with Gasteiger partial charge in [0.25, 0.3) is 11.5 Å². The number of amides is 2. The number of aromatic nitrogens is 2. The second-order valence-electron chi connectivity index (χ2n) is 8.58. The van der Waals surface area contributed by atoms with Crippen LogP contribution in [0.3, 0.4) is 0 Å². The molecule has 9 nitrogen and oxygen atoms in total. The molecule has 0 bridgehead atoms. The molecule has 0 aliphatic carbocycles. The third-order valence-electron chi connectivity index (χ3n) is 5.70. The third kappa shape index (κ3) is 6.26. The highest BCUT2D eigenvalue weighted by atomic mass is 16.5. The summed E-state index contributed by atoms with van der Waals surface area (Å²) in [6.07, 6.45) is 0.